The van der Waals surface area contributed by atoms with Gasteiger partial charge in [0.1, 0.15) is 0 Å². The molecule has 31 heavy (non-hydrogen) atoms. The summed E-state index contributed by atoms with van der Waals surface area (Å²) >= 11 is -1.92. The van der Waals surface area contributed by atoms with Crippen molar-refractivity contribution in [3.63, 3.8) is 0 Å². The van der Waals surface area contributed by atoms with Crippen molar-refractivity contribution < 1.29 is 23.1 Å². The lowest BCUT2D eigenvalue weighted by Gasteiger charge is -2.12. The predicted molar refractivity (Wildman–Crippen MR) is 121 cm³/mol. The lowest BCUT2D eigenvalue weighted by molar-refractivity contribution is -0.138. The number of Topliss-reactive ketones (excluding diaryl/α,β-unsaturated/α-hetero) is 1. The summed E-state index contributed by atoms with van der Waals surface area (Å²) in [5.41, 5.74) is 4.08. The highest BCUT2D eigenvalue weighted by Crippen LogP contribution is 2.30. The topological polar surface area (TPSA) is 85.6 Å². The summed E-state index contributed by atoms with van der Waals surface area (Å²) in [4.78, 5) is 25.1. The van der Waals surface area contributed by atoms with Crippen molar-refractivity contribution >= 4 is 22.8 Å². The number of benzene rings is 2. The third-order valence-electron chi connectivity index (χ3n) is 4.96. The van der Waals surface area contributed by atoms with E-state index in [-0.39, 0.29) is 12.4 Å². The zero-order chi connectivity index (χ0) is 22.4. The SMILES string of the molecule is CCCCOC(=O)C(=O)c1cc(-c2ccc(CS(=O)O)cc2)n(-c2ccccc2)c1C. The Kier molecular flexibility index (Phi) is 7.55. The Hall–Kier alpha value is -3.03. The van der Waals surface area contributed by atoms with E-state index in [0.717, 1.165) is 28.9 Å². The molecule has 0 spiro atoms. The Bertz CT molecular complexity index is 1090. The number of para-hydroxylation sites is 1. The fraction of sp³-hybridized carbons (Fsp3) is 0.250. The average molecular weight is 440 g/mol. The molecule has 3 rings (SSSR count). The predicted octanol–water partition coefficient (Wildman–Crippen LogP) is 4.70. The lowest BCUT2D eigenvalue weighted by Crippen LogP contribution is -2.18. The maximum atomic E-state index is 12.8. The van der Waals surface area contributed by atoms with Crippen LogP contribution in [0, 0.1) is 6.92 Å². The van der Waals surface area contributed by atoms with E-state index in [9.17, 15) is 13.8 Å². The van der Waals surface area contributed by atoms with Crippen molar-refractivity contribution in [1.82, 2.24) is 4.57 Å². The van der Waals surface area contributed by atoms with Crippen LogP contribution >= 0.6 is 0 Å². The minimum Gasteiger partial charge on any atom is -0.460 e. The van der Waals surface area contributed by atoms with E-state index in [1.165, 1.54) is 0 Å². The highest BCUT2D eigenvalue weighted by atomic mass is 32.2. The molecule has 1 heterocycles. The summed E-state index contributed by atoms with van der Waals surface area (Å²) in [7, 11) is 0. The molecule has 0 bridgehead atoms. The Morgan fingerprint density at radius 1 is 1.06 bits per heavy atom. The van der Waals surface area contributed by atoms with Crippen LogP contribution in [0.15, 0.2) is 60.7 Å². The fourth-order valence-electron chi connectivity index (χ4n) is 3.36. The van der Waals surface area contributed by atoms with Gasteiger partial charge in [0.25, 0.3) is 5.78 Å². The summed E-state index contributed by atoms with van der Waals surface area (Å²) < 4.78 is 27.2. The highest BCUT2D eigenvalue weighted by molar-refractivity contribution is 7.78. The second kappa shape index (κ2) is 10.3. The van der Waals surface area contributed by atoms with Crippen LogP contribution < -0.4 is 0 Å². The molecule has 0 amide bonds. The number of nitrogens with zero attached hydrogens (tertiary/aromatic N) is 1. The first-order valence-corrected chi connectivity index (χ1v) is 11.4. The summed E-state index contributed by atoms with van der Waals surface area (Å²) in [5.74, 6) is -1.47. The van der Waals surface area contributed by atoms with Gasteiger partial charge in [0.05, 0.1) is 23.6 Å². The number of aromatic nitrogens is 1. The van der Waals surface area contributed by atoms with Crippen molar-refractivity contribution in [2.24, 2.45) is 0 Å². The van der Waals surface area contributed by atoms with E-state index >= 15 is 0 Å². The zero-order valence-corrected chi connectivity index (χ0v) is 18.4. The van der Waals surface area contributed by atoms with E-state index in [1.54, 1.807) is 25.1 Å². The van der Waals surface area contributed by atoms with Crippen LogP contribution in [0.3, 0.4) is 0 Å². The summed E-state index contributed by atoms with van der Waals surface area (Å²) in [6.07, 6.45) is 1.58. The van der Waals surface area contributed by atoms with Crippen LogP contribution in [-0.4, -0.2) is 31.7 Å². The van der Waals surface area contributed by atoms with Crippen LogP contribution in [0.2, 0.25) is 0 Å². The number of carbonyl (C=O) groups excluding carboxylic acids is 2. The molecule has 2 aromatic carbocycles. The third kappa shape index (κ3) is 5.37. The van der Waals surface area contributed by atoms with E-state index in [1.807, 2.05) is 54.0 Å². The van der Waals surface area contributed by atoms with Crippen molar-refractivity contribution in [3.05, 3.63) is 77.5 Å². The number of carbonyl (C=O) groups is 2. The van der Waals surface area contributed by atoms with E-state index in [2.05, 4.69) is 0 Å². The number of ketones is 1. The summed E-state index contributed by atoms with van der Waals surface area (Å²) in [6, 6.07) is 18.5. The molecule has 0 aliphatic rings. The molecule has 0 aliphatic carbocycles. The first-order valence-electron chi connectivity index (χ1n) is 10.1. The standard InChI is InChI=1S/C24H25NO5S/c1-3-4-14-30-24(27)23(26)21-15-22(19-12-10-18(11-13-19)16-31(28)29)25(17(21)2)20-8-6-5-7-9-20/h5-13,15H,3-4,14,16H2,1-2H3,(H,28,29). The van der Waals surface area contributed by atoms with Crippen molar-refractivity contribution in [2.75, 3.05) is 6.61 Å². The van der Waals surface area contributed by atoms with Gasteiger partial charge in [-0.05, 0) is 42.7 Å². The number of hydrogen-bond donors (Lipinski definition) is 1. The molecule has 0 saturated heterocycles. The molecule has 3 aromatic rings. The minimum absolute atomic E-state index is 0.0480. The van der Waals surface area contributed by atoms with Gasteiger partial charge in [0.2, 0.25) is 0 Å². The molecule has 0 aliphatic heterocycles. The second-order valence-electron chi connectivity index (χ2n) is 7.18. The van der Waals surface area contributed by atoms with Crippen molar-refractivity contribution in [2.45, 2.75) is 32.4 Å². The lowest BCUT2D eigenvalue weighted by atomic mass is 10.1. The van der Waals surface area contributed by atoms with Gasteiger partial charge < -0.3 is 13.9 Å². The molecule has 7 heteroatoms. The maximum absolute atomic E-state index is 12.8. The van der Waals surface area contributed by atoms with Crippen molar-refractivity contribution in [1.29, 1.82) is 0 Å². The largest absolute Gasteiger partial charge is 0.460 e. The molecule has 6 nitrogen and oxygen atoms in total. The zero-order valence-electron chi connectivity index (χ0n) is 17.5. The van der Waals surface area contributed by atoms with Gasteiger partial charge in [-0.1, -0.05) is 55.8 Å². The van der Waals surface area contributed by atoms with Crippen LogP contribution in [0.5, 0.6) is 0 Å². The van der Waals surface area contributed by atoms with Gasteiger partial charge in [-0.15, -0.1) is 0 Å². The van der Waals surface area contributed by atoms with E-state index in [0.29, 0.717) is 17.7 Å². The molecule has 1 N–H and O–H groups in total. The Morgan fingerprint density at radius 3 is 2.35 bits per heavy atom. The number of hydrogen-bond acceptors (Lipinski definition) is 4. The average Bonchev–Trinajstić information content (AvgIpc) is 3.11. The normalized spacial score (nSPS) is 11.8. The first-order chi connectivity index (χ1) is 14.9. The van der Waals surface area contributed by atoms with E-state index < -0.39 is 22.8 Å². The quantitative estimate of drug-likeness (QED) is 0.172. The van der Waals surface area contributed by atoms with Crippen LogP contribution in [0.25, 0.3) is 16.9 Å². The van der Waals surface area contributed by atoms with Gasteiger partial charge in [-0.25, -0.2) is 9.00 Å². The summed E-state index contributed by atoms with van der Waals surface area (Å²) in [5, 5.41) is 0. The third-order valence-corrected chi connectivity index (χ3v) is 5.54. The van der Waals surface area contributed by atoms with Gasteiger partial charge >= 0.3 is 5.97 Å². The van der Waals surface area contributed by atoms with Crippen molar-refractivity contribution in [3.8, 4) is 16.9 Å². The highest BCUT2D eigenvalue weighted by Gasteiger charge is 2.25. The molecule has 0 fully saturated rings. The monoisotopic (exact) mass is 439 g/mol. The molecule has 0 radical (unpaired) electrons. The Morgan fingerprint density at radius 2 is 1.74 bits per heavy atom. The molecular weight excluding hydrogens is 414 g/mol. The first kappa shape index (κ1) is 22.7. The van der Waals surface area contributed by atoms with Crippen LogP contribution in [-0.2, 0) is 26.4 Å². The van der Waals surface area contributed by atoms with Gasteiger partial charge in [0.15, 0.2) is 11.1 Å². The van der Waals surface area contributed by atoms with Crippen LogP contribution in [0.1, 0.15) is 41.4 Å². The maximum Gasteiger partial charge on any atom is 0.379 e. The smallest absolute Gasteiger partial charge is 0.379 e. The number of ether oxygens (including phenoxy) is 1. The number of esters is 1. The minimum atomic E-state index is -1.92. The fourth-order valence-corrected chi connectivity index (χ4v) is 3.84. The molecule has 1 unspecified atom stereocenters. The summed E-state index contributed by atoms with van der Waals surface area (Å²) in [6.45, 7) is 4.00. The Labute approximate surface area is 184 Å². The van der Waals surface area contributed by atoms with Gasteiger partial charge in [-0.2, -0.15) is 0 Å². The molecule has 1 aromatic heterocycles. The van der Waals surface area contributed by atoms with E-state index in [4.69, 9.17) is 9.29 Å². The molecule has 0 saturated carbocycles. The molecule has 1 atom stereocenters. The van der Waals surface area contributed by atoms with Gasteiger partial charge in [-0.3, -0.25) is 4.79 Å². The van der Waals surface area contributed by atoms with Gasteiger partial charge in [0, 0.05) is 11.4 Å². The number of rotatable bonds is 9. The van der Waals surface area contributed by atoms with Crippen LogP contribution in [0.4, 0.5) is 0 Å². The number of unbranched alkanes of at least 4 members (excludes halogenated alkanes) is 1. The molecular formula is C24H25NO5S. The second-order valence-corrected chi connectivity index (χ2v) is 8.11. The Balaban J connectivity index is 2.04. The molecule has 162 valence electrons.